The summed E-state index contributed by atoms with van der Waals surface area (Å²) in [6, 6.07) is 6.68. The topological polar surface area (TPSA) is 66.0 Å². The molecule has 0 bridgehead atoms. The highest BCUT2D eigenvalue weighted by Gasteiger charge is 2.26. The molecule has 1 heterocycles. The third kappa shape index (κ3) is 8.50. The molecule has 1 aliphatic heterocycles. The second-order valence-electron chi connectivity index (χ2n) is 8.07. The summed E-state index contributed by atoms with van der Waals surface area (Å²) >= 11 is 0. The maximum atomic E-state index is 12.6. The third-order valence-corrected chi connectivity index (χ3v) is 5.97. The van der Waals surface area contributed by atoms with Crippen molar-refractivity contribution >= 4 is 35.8 Å². The van der Waals surface area contributed by atoms with E-state index in [-0.39, 0.29) is 29.9 Å². The molecule has 0 saturated carbocycles. The van der Waals surface area contributed by atoms with Crippen LogP contribution in [0.2, 0.25) is 0 Å². The second-order valence-corrected chi connectivity index (χ2v) is 8.07. The van der Waals surface area contributed by atoms with Crippen LogP contribution >= 0.6 is 24.0 Å². The number of aryl methyl sites for hydroxylation is 1. The highest BCUT2D eigenvalue weighted by molar-refractivity contribution is 14.0. The lowest BCUT2D eigenvalue weighted by Gasteiger charge is -2.34. The molecule has 0 aliphatic carbocycles. The summed E-state index contributed by atoms with van der Waals surface area (Å²) in [6.45, 7) is 11.5. The number of nitrogens with zero attached hydrogens (tertiary/aromatic N) is 2. The van der Waals surface area contributed by atoms with Crippen LogP contribution in [0.5, 0.6) is 5.75 Å². The molecule has 31 heavy (non-hydrogen) atoms. The van der Waals surface area contributed by atoms with Gasteiger partial charge in [-0.3, -0.25) is 9.79 Å². The fourth-order valence-corrected chi connectivity index (χ4v) is 3.97. The molecule has 1 aliphatic rings. The molecule has 6 nitrogen and oxygen atoms in total. The van der Waals surface area contributed by atoms with Crippen LogP contribution in [-0.4, -0.2) is 56.1 Å². The largest absolute Gasteiger partial charge is 0.496 e. The molecule has 176 valence electrons. The van der Waals surface area contributed by atoms with Gasteiger partial charge in [-0.05, 0) is 63.1 Å². The van der Waals surface area contributed by atoms with E-state index >= 15 is 0 Å². The molecule has 0 spiro atoms. The van der Waals surface area contributed by atoms with Crippen molar-refractivity contribution in [2.45, 2.75) is 65.8 Å². The zero-order valence-electron chi connectivity index (χ0n) is 19.9. The van der Waals surface area contributed by atoms with E-state index in [4.69, 9.17) is 9.73 Å². The number of halogens is 1. The van der Waals surface area contributed by atoms with Crippen LogP contribution in [-0.2, 0) is 11.2 Å². The number of amides is 1. The lowest BCUT2D eigenvalue weighted by Crippen LogP contribution is -2.50. The molecular weight excluding hydrogens is 503 g/mol. The number of hydrogen-bond donors (Lipinski definition) is 2. The summed E-state index contributed by atoms with van der Waals surface area (Å²) in [4.78, 5) is 19.4. The Kier molecular flexibility index (Phi) is 12.9. The number of carbonyl (C=O) groups excluding carboxylic acids is 1. The standard InChI is InChI=1S/C24H40N4O2.HI/c1-6-20(7-2)23(29)28-15-12-21(13-16-28)27-24(25-8-3)26-14-11-19-10-9-18(4)22(17-19)30-5;/h9-10,17,20-21H,6-8,11-16H2,1-5H3,(H2,25,26,27);1H. The van der Waals surface area contributed by atoms with Crippen molar-refractivity contribution in [2.75, 3.05) is 33.3 Å². The van der Waals surface area contributed by atoms with Crippen molar-refractivity contribution in [2.24, 2.45) is 10.9 Å². The van der Waals surface area contributed by atoms with Gasteiger partial charge in [-0.2, -0.15) is 0 Å². The van der Waals surface area contributed by atoms with Crippen LogP contribution in [0, 0.1) is 12.8 Å². The van der Waals surface area contributed by atoms with Gasteiger partial charge in [0.15, 0.2) is 5.96 Å². The van der Waals surface area contributed by atoms with Crippen molar-refractivity contribution < 1.29 is 9.53 Å². The van der Waals surface area contributed by atoms with Crippen LogP contribution in [0.1, 0.15) is 57.6 Å². The second kappa shape index (κ2) is 14.5. The first-order valence-electron chi connectivity index (χ1n) is 11.5. The van der Waals surface area contributed by atoms with Gasteiger partial charge < -0.3 is 20.3 Å². The van der Waals surface area contributed by atoms with E-state index in [2.05, 4.69) is 56.5 Å². The summed E-state index contributed by atoms with van der Waals surface area (Å²) in [5.74, 6) is 2.29. The number of nitrogens with one attached hydrogen (secondary N) is 2. The van der Waals surface area contributed by atoms with Gasteiger partial charge in [-0.25, -0.2) is 0 Å². The molecule has 1 aromatic carbocycles. The van der Waals surface area contributed by atoms with E-state index in [0.29, 0.717) is 18.5 Å². The molecule has 1 fully saturated rings. The number of methoxy groups -OCH3 is 1. The molecule has 7 heteroatoms. The Hall–Kier alpha value is -1.51. The number of hydrogen-bond acceptors (Lipinski definition) is 3. The number of ether oxygens (including phenoxy) is 1. The molecule has 0 atom stereocenters. The minimum absolute atomic E-state index is 0. The zero-order chi connectivity index (χ0) is 21.9. The Morgan fingerprint density at radius 1 is 1.23 bits per heavy atom. The molecule has 1 aromatic rings. The van der Waals surface area contributed by atoms with Crippen molar-refractivity contribution in [3.05, 3.63) is 29.3 Å². The van der Waals surface area contributed by atoms with E-state index in [1.165, 1.54) is 5.56 Å². The smallest absolute Gasteiger partial charge is 0.225 e. The van der Waals surface area contributed by atoms with Gasteiger partial charge in [-0.15, -0.1) is 24.0 Å². The number of piperidine rings is 1. The predicted molar refractivity (Wildman–Crippen MR) is 140 cm³/mol. The minimum Gasteiger partial charge on any atom is -0.496 e. The average Bonchev–Trinajstić information content (AvgIpc) is 2.76. The maximum absolute atomic E-state index is 12.6. The van der Waals surface area contributed by atoms with Crippen LogP contribution in [0.25, 0.3) is 0 Å². The summed E-state index contributed by atoms with van der Waals surface area (Å²) in [5, 5.41) is 6.92. The fraction of sp³-hybridized carbons (Fsp3) is 0.667. The number of benzene rings is 1. The highest BCUT2D eigenvalue weighted by Crippen LogP contribution is 2.19. The maximum Gasteiger partial charge on any atom is 0.225 e. The molecule has 1 saturated heterocycles. The molecule has 2 rings (SSSR count). The summed E-state index contributed by atoms with van der Waals surface area (Å²) in [5.41, 5.74) is 2.37. The van der Waals surface area contributed by atoms with Gasteiger partial charge in [0.05, 0.1) is 7.11 Å². The quantitative estimate of drug-likeness (QED) is 0.279. The summed E-state index contributed by atoms with van der Waals surface area (Å²) in [6.07, 6.45) is 4.65. The van der Waals surface area contributed by atoms with Gasteiger partial charge in [0, 0.05) is 38.1 Å². The molecular formula is C24H41IN4O2. The molecule has 0 radical (unpaired) electrons. The van der Waals surface area contributed by atoms with Gasteiger partial charge >= 0.3 is 0 Å². The normalized spacial score (nSPS) is 14.9. The highest BCUT2D eigenvalue weighted by atomic mass is 127. The van der Waals surface area contributed by atoms with E-state index in [0.717, 1.165) is 69.0 Å². The van der Waals surface area contributed by atoms with E-state index in [1.54, 1.807) is 7.11 Å². The van der Waals surface area contributed by atoms with E-state index in [9.17, 15) is 4.79 Å². The summed E-state index contributed by atoms with van der Waals surface area (Å²) < 4.78 is 5.42. The Morgan fingerprint density at radius 3 is 2.48 bits per heavy atom. The lowest BCUT2D eigenvalue weighted by atomic mass is 9.98. The Labute approximate surface area is 205 Å². The molecule has 1 amide bonds. The van der Waals surface area contributed by atoms with Crippen LogP contribution < -0.4 is 15.4 Å². The zero-order valence-corrected chi connectivity index (χ0v) is 22.2. The van der Waals surface area contributed by atoms with Gasteiger partial charge in [0.2, 0.25) is 5.91 Å². The molecule has 2 N–H and O–H groups in total. The first-order valence-corrected chi connectivity index (χ1v) is 11.5. The Morgan fingerprint density at radius 2 is 1.90 bits per heavy atom. The van der Waals surface area contributed by atoms with Crippen LogP contribution in [0.4, 0.5) is 0 Å². The lowest BCUT2D eigenvalue weighted by molar-refractivity contribution is -0.136. The van der Waals surface area contributed by atoms with Crippen LogP contribution in [0.15, 0.2) is 23.2 Å². The van der Waals surface area contributed by atoms with Gasteiger partial charge in [-0.1, -0.05) is 26.0 Å². The predicted octanol–water partition coefficient (Wildman–Crippen LogP) is 4.15. The minimum atomic E-state index is 0. The van der Waals surface area contributed by atoms with Crippen molar-refractivity contribution in [3.63, 3.8) is 0 Å². The number of aliphatic imine (C=N–C) groups is 1. The SMILES string of the molecule is CCNC(=NCCc1ccc(C)c(OC)c1)NC1CCN(C(=O)C(CC)CC)CC1.I. The average molecular weight is 545 g/mol. The van der Waals surface area contributed by atoms with Crippen molar-refractivity contribution in [3.8, 4) is 5.75 Å². The first-order chi connectivity index (χ1) is 14.5. The number of likely N-dealkylation sites (tertiary alicyclic amines) is 1. The number of carbonyl (C=O) groups is 1. The fourth-order valence-electron chi connectivity index (χ4n) is 3.97. The first kappa shape index (κ1) is 27.5. The van der Waals surface area contributed by atoms with Crippen molar-refractivity contribution in [1.29, 1.82) is 0 Å². The van der Waals surface area contributed by atoms with Gasteiger partial charge in [0.25, 0.3) is 0 Å². The van der Waals surface area contributed by atoms with E-state index in [1.807, 2.05) is 4.90 Å². The Balaban J connectivity index is 0.00000480. The third-order valence-electron chi connectivity index (χ3n) is 5.97. The van der Waals surface area contributed by atoms with E-state index < -0.39 is 0 Å². The van der Waals surface area contributed by atoms with Crippen molar-refractivity contribution in [1.82, 2.24) is 15.5 Å². The molecule has 0 unspecified atom stereocenters. The monoisotopic (exact) mass is 544 g/mol. The summed E-state index contributed by atoms with van der Waals surface area (Å²) in [7, 11) is 1.71. The number of rotatable bonds is 9. The van der Waals surface area contributed by atoms with Gasteiger partial charge in [0.1, 0.15) is 5.75 Å². The van der Waals surface area contributed by atoms with Crippen LogP contribution in [0.3, 0.4) is 0 Å². The molecule has 0 aromatic heterocycles. The number of guanidine groups is 1. The Bertz CT molecular complexity index is 699.